The van der Waals surface area contributed by atoms with E-state index in [4.69, 9.17) is 0 Å². The standard InChI is InChI=1S/C16H30N2/c1-13(12-18-9-3-2-4-10-18)11-17-16(14-5-6-14)15-7-8-15/h13-17H,2-12H2,1H3. The van der Waals surface area contributed by atoms with E-state index in [-0.39, 0.29) is 0 Å². The second kappa shape index (κ2) is 5.92. The first-order valence-corrected chi connectivity index (χ1v) is 8.28. The van der Waals surface area contributed by atoms with Crippen molar-refractivity contribution in [3.63, 3.8) is 0 Å². The lowest BCUT2D eigenvalue weighted by molar-refractivity contribution is 0.195. The summed E-state index contributed by atoms with van der Waals surface area (Å²) in [6, 6.07) is 0.883. The molecule has 2 aliphatic carbocycles. The number of rotatable bonds is 7. The zero-order valence-corrected chi connectivity index (χ0v) is 12.0. The smallest absolute Gasteiger partial charge is 0.0124 e. The Morgan fingerprint density at radius 3 is 2.17 bits per heavy atom. The molecule has 18 heavy (non-hydrogen) atoms. The average Bonchev–Trinajstić information content (AvgIpc) is 3.25. The third-order valence-electron chi connectivity index (χ3n) is 4.98. The maximum absolute atomic E-state index is 3.91. The highest BCUT2D eigenvalue weighted by Gasteiger charge is 2.41. The molecular weight excluding hydrogens is 220 g/mol. The minimum atomic E-state index is 0.822. The first-order chi connectivity index (χ1) is 8.83. The van der Waals surface area contributed by atoms with Gasteiger partial charge in [-0.3, -0.25) is 0 Å². The van der Waals surface area contributed by atoms with E-state index < -0.39 is 0 Å². The minimum Gasteiger partial charge on any atom is -0.313 e. The van der Waals surface area contributed by atoms with Crippen LogP contribution in [0.15, 0.2) is 0 Å². The maximum atomic E-state index is 3.91. The second-order valence-corrected chi connectivity index (χ2v) is 7.08. The van der Waals surface area contributed by atoms with Crippen molar-refractivity contribution in [1.29, 1.82) is 0 Å². The number of piperidine rings is 1. The predicted octanol–water partition coefficient (Wildman–Crippen LogP) is 2.89. The molecule has 1 aliphatic heterocycles. The van der Waals surface area contributed by atoms with Crippen molar-refractivity contribution >= 4 is 0 Å². The van der Waals surface area contributed by atoms with Gasteiger partial charge in [-0.2, -0.15) is 0 Å². The molecule has 1 atom stereocenters. The third kappa shape index (κ3) is 3.71. The van der Waals surface area contributed by atoms with Gasteiger partial charge in [0, 0.05) is 12.6 Å². The Balaban J connectivity index is 1.36. The lowest BCUT2D eigenvalue weighted by Gasteiger charge is -2.30. The van der Waals surface area contributed by atoms with Crippen LogP contribution in [0, 0.1) is 17.8 Å². The molecule has 2 saturated carbocycles. The molecular formula is C16H30N2. The van der Waals surface area contributed by atoms with Crippen molar-refractivity contribution in [3.05, 3.63) is 0 Å². The Bertz CT molecular complexity index is 240. The van der Waals surface area contributed by atoms with Crippen LogP contribution in [0.2, 0.25) is 0 Å². The van der Waals surface area contributed by atoms with Crippen LogP contribution in [0.3, 0.4) is 0 Å². The molecule has 104 valence electrons. The maximum Gasteiger partial charge on any atom is 0.0124 e. The van der Waals surface area contributed by atoms with Gasteiger partial charge in [0.15, 0.2) is 0 Å². The van der Waals surface area contributed by atoms with E-state index in [0.717, 1.165) is 23.8 Å². The summed E-state index contributed by atoms with van der Waals surface area (Å²) in [5.41, 5.74) is 0. The Morgan fingerprint density at radius 2 is 1.61 bits per heavy atom. The predicted molar refractivity (Wildman–Crippen MR) is 76.7 cm³/mol. The van der Waals surface area contributed by atoms with E-state index >= 15 is 0 Å². The normalized spacial score (nSPS) is 27.7. The van der Waals surface area contributed by atoms with Crippen LogP contribution in [0.4, 0.5) is 0 Å². The highest BCUT2D eigenvalue weighted by atomic mass is 15.1. The summed E-state index contributed by atoms with van der Waals surface area (Å²) in [6.07, 6.45) is 10.3. The van der Waals surface area contributed by atoms with Gasteiger partial charge in [0.05, 0.1) is 0 Å². The van der Waals surface area contributed by atoms with Crippen molar-refractivity contribution in [2.24, 2.45) is 17.8 Å². The Morgan fingerprint density at radius 1 is 1.00 bits per heavy atom. The van der Waals surface area contributed by atoms with Gasteiger partial charge in [0.1, 0.15) is 0 Å². The van der Waals surface area contributed by atoms with Gasteiger partial charge in [-0.1, -0.05) is 13.3 Å². The molecule has 2 nitrogen and oxygen atoms in total. The van der Waals surface area contributed by atoms with E-state index in [1.165, 1.54) is 71.1 Å². The number of likely N-dealkylation sites (tertiary alicyclic amines) is 1. The summed E-state index contributed by atoms with van der Waals surface area (Å²) in [5, 5.41) is 3.91. The Labute approximate surface area is 113 Å². The summed E-state index contributed by atoms with van der Waals surface area (Å²) in [7, 11) is 0. The van der Waals surface area contributed by atoms with Crippen molar-refractivity contribution in [2.75, 3.05) is 26.2 Å². The van der Waals surface area contributed by atoms with Crippen LogP contribution in [0.5, 0.6) is 0 Å². The molecule has 0 radical (unpaired) electrons. The summed E-state index contributed by atoms with van der Waals surface area (Å²) in [5.74, 6) is 2.91. The summed E-state index contributed by atoms with van der Waals surface area (Å²) in [6.45, 7) is 7.68. The SMILES string of the molecule is CC(CNC(C1CC1)C1CC1)CN1CCCCC1. The van der Waals surface area contributed by atoms with Gasteiger partial charge in [-0.05, 0) is 75.9 Å². The molecule has 0 aromatic carbocycles. The second-order valence-electron chi connectivity index (χ2n) is 7.08. The van der Waals surface area contributed by atoms with Gasteiger partial charge in [0.25, 0.3) is 0 Å². The molecule has 0 amide bonds. The number of hydrogen-bond donors (Lipinski definition) is 1. The molecule has 3 aliphatic rings. The molecule has 0 aromatic heterocycles. The number of hydrogen-bond acceptors (Lipinski definition) is 2. The van der Waals surface area contributed by atoms with Crippen molar-refractivity contribution in [2.45, 2.75) is 57.9 Å². The average molecular weight is 250 g/mol. The zero-order chi connectivity index (χ0) is 12.4. The van der Waals surface area contributed by atoms with Crippen LogP contribution < -0.4 is 5.32 Å². The van der Waals surface area contributed by atoms with E-state index in [0.29, 0.717) is 0 Å². The molecule has 1 heterocycles. The fourth-order valence-electron chi connectivity index (χ4n) is 3.61. The highest BCUT2D eigenvalue weighted by molar-refractivity contribution is 4.96. The summed E-state index contributed by atoms with van der Waals surface area (Å²) in [4.78, 5) is 2.68. The monoisotopic (exact) mass is 250 g/mol. The van der Waals surface area contributed by atoms with Gasteiger partial charge < -0.3 is 10.2 Å². The topological polar surface area (TPSA) is 15.3 Å². The fourth-order valence-corrected chi connectivity index (χ4v) is 3.61. The first-order valence-electron chi connectivity index (χ1n) is 8.28. The van der Waals surface area contributed by atoms with Gasteiger partial charge in [-0.25, -0.2) is 0 Å². The van der Waals surface area contributed by atoms with Crippen LogP contribution in [-0.2, 0) is 0 Å². The Kier molecular flexibility index (Phi) is 4.25. The van der Waals surface area contributed by atoms with E-state index in [1.54, 1.807) is 0 Å². The van der Waals surface area contributed by atoms with Crippen molar-refractivity contribution in [3.8, 4) is 0 Å². The fraction of sp³-hybridized carbons (Fsp3) is 1.00. The largest absolute Gasteiger partial charge is 0.313 e. The van der Waals surface area contributed by atoms with Crippen LogP contribution in [0.1, 0.15) is 51.9 Å². The quantitative estimate of drug-likeness (QED) is 0.747. The van der Waals surface area contributed by atoms with Crippen LogP contribution in [0.25, 0.3) is 0 Å². The van der Waals surface area contributed by atoms with E-state index in [2.05, 4.69) is 17.1 Å². The molecule has 3 fully saturated rings. The van der Waals surface area contributed by atoms with Gasteiger partial charge in [-0.15, -0.1) is 0 Å². The molecule has 1 saturated heterocycles. The van der Waals surface area contributed by atoms with Crippen molar-refractivity contribution in [1.82, 2.24) is 10.2 Å². The van der Waals surface area contributed by atoms with Gasteiger partial charge >= 0.3 is 0 Å². The molecule has 3 rings (SSSR count). The minimum absolute atomic E-state index is 0.822. The lowest BCUT2D eigenvalue weighted by atomic mass is 10.0. The molecule has 0 aromatic rings. The van der Waals surface area contributed by atoms with Crippen LogP contribution >= 0.6 is 0 Å². The molecule has 0 spiro atoms. The summed E-state index contributed by atoms with van der Waals surface area (Å²) >= 11 is 0. The van der Waals surface area contributed by atoms with E-state index in [1.807, 2.05) is 0 Å². The van der Waals surface area contributed by atoms with Crippen molar-refractivity contribution < 1.29 is 0 Å². The molecule has 1 unspecified atom stereocenters. The first kappa shape index (κ1) is 12.9. The number of nitrogens with zero attached hydrogens (tertiary/aromatic N) is 1. The summed E-state index contributed by atoms with van der Waals surface area (Å²) < 4.78 is 0. The number of nitrogens with one attached hydrogen (secondary N) is 1. The Hall–Kier alpha value is -0.0800. The third-order valence-corrected chi connectivity index (χ3v) is 4.98. The molecule has 2 heteroatoms. The van der Waals surface area contributed by atoms with E-state index in [9.17, 15) is 0 Å². The highest BCUT2D eigenvalue weighted by Crippen LogP contribution is 2.44. The lowest BCUT2D eigenvalue weighted by Crippen LogP contribution is -2.40. The van der Waals surface area contributed by atoms with Gasteiger partial charge in [0.2, 0.25) is 0 Å². The molecule has 1 N–H and O–H groups in total. The molecule has 0 bridgehead atoms. The zero-order valence-electron chi connectivity index (χ0n) is 12.0. The van der Waals surface area contributed by atoms with Crippen LogP contribution in [-0.4, -0.2) is 37.1 Å².